The second kappa shape index (κ2) is 11.9. The van der Waals surface area contributed by atoms with Crippen LogP contribution in [0, 0.1) is 12.3 Å². The van der Waals surface area contributed by atoms with Crippen LogP contribution in [0.1, 0.15) is 44.9 Å². The molecule has 0 radical (unpaired) electrons. The fourth-order valence-electron chi connectivity index (χ4n) is 4.89. The van der Waals surface area contributed by atoms with E-state index in [9.17, 15) is 9.59 Å². The fraction of sp³-hybridized carbons (Fsp3) is 0.242. The summed E-state index contributed by atoms with van der Waals surface area (Å²) in [6.07, 6.45) is 6.95. The number of carbonyl (C=O) groups is 1. The van der Waals surface area contributed by atoms with Gasteiger partial charge < -0.3 is 14.2 Å². The van der Waals surface area contributed by atoms with Gasteiger partial charge in [0, 0.05) is 5.56 Å². The standard InChI is InChI=1S/C33H30N2O5S/c1-6-18-39-27-17-14-22-10-8-9-11-25(22)26(27)19-28-31(36)35-30(23-12-15-24(16-13-23)38-7-2)29(32(37)40-20(3)4)21(5)34-33(35)41-28/h1,8-17,19-20,30H,7,18H2,2-5H3/b28-19+/t30-/m1/s1. The summed E-state index contributed by atoms with van der Waals surface area (Å²) in [5.41, 5.74) is 2.05. The van der Waals surface area contributed by atoms with Gasteiger partial charge in [-0.2, -0.15) is 0 Å². The Balaban J connectivity index is 1.74. The molecule has 1 atom stereocenters. The van der Waals surface area contributed by atoms with E-state index in [1.165, 1.54) is 11.3 Å². The first-order valence-electron chi connectivity index (χ1n) is 13.4. The van der Waals surface area contributed by atoms with E-state index in [1.54, 1.807) is 25.3 Å². The summed E-state index contributed by atoms with van der Waals surface area (Å²) >= 11 is 1.26. The van der Waals surface area contributed by atoms with Gasteiger partial charge >= 0.3 is 5.97 Å². The maximum absolute atomic E-state index is 14.1. The predicted molar refractivity (Wildman–Crippen MR) is 161 cm³/mol. The number of hydrogen-bond acceptors (Lipinski definition) is 7. The number of allylic oxidation sites excluding steroid dienone is 1. The van der Waals surface area contributed by atoms with Gasteiger partial charge in [0.05, 0.1) is 34.6 Å². The first-order chi connectivity index (χ1) is 19.8. The molecule has 0 unspecified atom stereocenters. The molecule has 2 heterocycles. The Morgan fingerprint density at radius 3 is 2.59 bits per heavy atom. The van der Waals surface area contributed by atoms with Crippen molar-refractivity contribution in [2.45, 2.75) is 39.8 Å². The van der Waals surface area contributed by atoms with Crippen LogP contribution in [0.5, 0.6) is 11.5 Å². The summed E-state index contributed by atoms with van der Waals surface area (Å²) in [5, 5.41) is 1.93. The van der Waals surface area contributed by atoms with E-state index < -0.39 is 12.0 Å². The van der Waals surface area contributed by atoms with Crippen molar-refractivity contribution in [1.29, 1.82) is 0 Å². The lowest BCUT2D eigenvalue weighted by Crippen LogP contribution is -2.40. The van der Waals surface area contributed by atoms with Gasteiger partial charge in [0.25, 0.3) is 5.56 Å². The minimum Gasteiger partial charge on any atom is -0.494 e. The predicted octanol–water partition coefficient (Wildman–Crippen LogP) is 4.75. The first-order valence-corrected chi connectivity index (χ1v) is 14.2. The van der Waals surface area contributed by atoms with Gasteiger partial charge in [-0.3, -0.25) is 9.36 Å². The lowest BCUT2D eigenvalue weighted by molar-refractivity contribution is -0.143. The largest absolute Gasteiger partial charge is 0.494 e. The lowest BCUT2D eigenvalue weighted by Gasteiger charge is -2.25. The van der Waals surface area contributed by atoms with Gasteiger partial charge in [-0.15, -0.1) is 6.42 Å². The molecule has 8 heteroatoms. The molecule has 5 rings (SSSR count). The van der Waals surface area contributed by atoms with Crippen molar-refractivity contribution in [3.8, 4) is 23.8 Å². The Bertz CT molecular complexity index is 1870. The molecule has 208 valence electrons. The highest BCUT2D eigenvalue weighted by Gasteiger charge is 2.34. The number of carbonyl (C=O) groups excluding carboxylic acids is 1. The van der Waals surface area contributed by atoms with Crippen LogP contribution < -0.4 is 24.4 Å². The van der Waals surface area contributed by atoms with E-state index in [2.05, 4.69) is 5.92 Å². The highest BCUT2D eigenvalue weighted by atomic mass is 32.1. The van der Waals surface area contributed by atoms with Crippen LogP contribution in [0.4, 0.5) is 0 Å². The monoisotopic (exact) mass is 566 g/mol. The lowest BCUT2D eigenvalue weighted by atomic mass is 9.95. The SMILES string of the molecule is C#CCOc1ccc2ccccc2c1/C=c1/sc2n(c1=O)[C@H](c1ccc(OCC)cc1)C(C(=O)OC(C)C)=C(C)N=2. The number of benzene rings is 3. The zero-order valence-corrected chi connectivity index (χ0v) is 24.2. The van der Waals surface area contributed by atoms with Crippen molar-refractivity contribution < 1.29 is 19.0 Å². The number of ether oxygens (including phenoxy) is 3. The Morgan fingerprint density at radius 1 is 1.12 bits per heavy atom. The molecule has 41 heavy (non-hydrogen) atoms. The topological polar surface area (TPSA) is 79.1 Å². The number of terminal acetylenes is 1. The fourth-order valence-corrected chi connectivity index (χ4v) is 5.92. The van der Waals surface area contributed by atoms with Crippen molar-refractivity contribution in [2.24, 2.45) is 4.99 Å². The van der Waals surface area contributed by atoms with E-state index in [0.29, 0.717) is 38.7 Å². The minimum atomic E-state index is -0.722. The summed E-state index contributed by atoms with van der Waals surface area (Å²) in [6.45, 7) is 7.89. The van der Waals surface area contributed by atoms with Crippen LogP contribution in [0.15, 0.2) is 81.7 Å². The molecule has 0 N–H and O–H groups in total. The number of fused-ring (bicyclic) bond motifs is 2. The maximum atomic E-state index is 14.1. The summed E-state index contributed by atoms with van der Waals surface area (Å²) in [7, 11) is 0. The van der Waals surface area contributed by atoms with E-state index in [-0.39, 0.29) is 18.3 Å². The van der Waals surface area contributed by atoms with Crippen molar-refractivity contribution >= 4 is 34.2 Å². The molecule has 7 nitrogen and oxygen atoms in total. The van der Waals surface area contributed by atoms with Gasteiger partial charge in [-0.05, 0) is 68.3 Å². The Kier molecular flexibility index (Phi) is 8.09. The number of aromatic nitrogens is 1. The number of nitrogens with zero attached hydrogens (tertiary/aromatic N) is 2. The van der Waals surface area contributed by atoms with Crippen LogP contribution in [-0.2, 0) is 9.53 Å². The van der Waals surface area contributed by atoms with Gasteiger partial charge in [-0.25, -0.2) is 9.79 Å². The zero-order chi connectivity index (χ0) is 29.1. The van der Waals surface area contributed by atoms with Crippen molar-refractivity contribution in [1.82, 2.24) is 4.57 Å². The molecule has 0 bridgehead atoms. The van der Waals surface area contributed by atoms with Gasteiger partial charge in [-0.1, -0.05) is 59.7 Å². The van der Waals surface area contributed by atoms with Crippen molar-refractivity contribution in [3.05, 3.63) is 103 Å². The third-order valence-electron chi connectivity index (χ3n) is 6.61. The van der Waals surface area contributed by atoms with E-state index in [4.69, 9.17) is 25.6 Å². The van der Waals surface area contributed by atoms with Crippen LogP contribution in [0.3, 0.4) is 0 Å². The minimum absolute atomic E-state index is 0.0959. The second-order valence-corrected chi connectivity index (χ2v) is 10.7. The van der Waals surface area contributed by atoms with Crippen LogP contribution in [0.25, 0.3) is 16.8 Å². The first kappa shape index (κ1) is 27.9. The van der Waals surface area contributed by atoms with Gasteiger partial charge in [0.1, 0.15) is 18.1 Å². The van der Waals surface area contributed by atoms with Crippen LogP contribution >= 0.6 is 11.3 Å². The Hall–Kier alpha value is -4.61. The zero-order valence-electron chi connectivity index (χ0n) is 23.3. The maximum Gasteiger partial charge on any atom is 0.338 e. The molecule has 0 saturated carbocycles. The number of hydrogen-bond donors (Lipinski definition) is 0. The third-order valence-corrected chi connectivity index (χ3v) is 7.59. The smallest absolute Gasteiger partial charge is 0.338 e. The molecule has 0 aliphatic carbocycles. The van der Waals surface area contributed by atoms with Gasteiger partial charge in [0.15, 0.2) is 4.80 Å². The highest BCUT2D eigenvalue weighted by Crippen LogP contribution is 2.32. The molecule has 0 fully saturated rings. The molecule has 0 amide bonds. The summed E-state index contributed by atoms with van der Waals surface area (Å²) in [5.74, 6) is 3.27. The Labute approximate surface area is 242 Å². The van der Waals surface area contributed by atoms with Crippen LogP contribution in [-0.4, -0.2) is 29.9 Å². The van der Waals surface area contributed by atoms with E-state index in [1.807, 2.05) is 73.7 Å². The summed E-state index contributed by atoms with van der Waals surface area (Å²) in [6, 6.07) is 18.4. The highest BCUT2D eigenvalue weighted by molar-refractivity contribution is 7.07. The normalized spacial score (nSPS) is 14.9. The summed E-state index contributed by atoms with van der Waals surface area (Å²) in [4.78, 5) is 32.7. The number of thiazole rings is 1. The molecule has 4 aromatic rings. The molecule has 1 aliphatic heterocycles. The summed E-state index contributed by atoms with van der Waals surface area (Å²) < 4.78 is 19.1. The quantitative estimate of drug-likeness (QED) is 0.227. The van der Waals surface area contributed by atoms with Crippen molar-refractivity contribution in [3.63, 3.8) is 0 Å². The molecular weight excluding hydrogens is 536 g/mol. The average Bonchev–Trinajstić information content (AvgIpc) is 3.26. The molecule has 1 aliphatic rings. The van der Waals surface area contributed by atoms with Gasteiger partial charge in [0.2, 0.25) is 0 Å². The molecule has 3 aromatic carbocycles. The average molecular weight is 567 g/mol. The van der Waals surface area contributed by atoms with E-state index in [0.717, 1.165) is 21.9 Å². The number of esters is 1. The molecule has 0 spiro atoms. The second-order valence-electron chi connectivity index (χ2n) is 9.73. The third kappa shape index (κ3) is 5.54. The molecular formula is C33H30N2O5S. The molecule has 0 saturated heterocycles. The number of rotatable bonds is 8. The van der Waals surface area contributed by atoms with Crippen LogP contribution in [0.2, 0.25) is 0 Å². The Morgan fingerprint density at radius 2 is 1.88 bits per heavy atom. The molecule has 1 aromatic heterocycles. The van der Waals surface area contributed by atoms with Crippen molar-refractivity contribution in [2.75, 3.05) is 13.2 Å². The van der Waals surface area contributed by atoms with E-state index >= 15 is 0 Å².